The monoisotopic (exact) mass is 360 g/mol. The van der Waals surface area contributed by atoms with Gasteiger partial charge in [0.15, 0.2) is 0 Å². The second-order valence-corrected chi connectivity index (χ2v) is 8.12. The zero-order chi connectivity index (χ0) is 17.2. The molecule has 5 nitrogen and oxygen atoms in total. The Hall–Kier alpha value is -2.30. The molecular formula is C17H16N2O3S2. The lowest BCUT2D eigenvalue weighted by Crippen LogP contribution is -2.35. The smallest absolute Gasteiger partial charge is 0.268 e. The maximum absolute atomic E-state index is 12.7. The fourth-order valence-corrected chi connectivity index (χ4v) is 4.16. The Morgan fingerprint density at radius 1 is 1.38 bits per heavy atom. The third-order valence-electron chi connectivity index (χ3n) is 3.73. The number of fused-ring (bicyclic) bond motifs is 1. The van der Waals surface area contributed by atoms with Crippen molar-refractivity contribution in [2.75, 3.05) is 21.9 Å². The molecule has 1 aromatic carbocycles. The van der Waals surface area contributed by atoms with E-state index in [0.717, 1.165) is 24.1 Å². The predicted molar refractivity (Wildman–Crippen MR) is 97.0 cm³/mol. The SMILES string of the molecule is C#CCS(=O)(=O)Nc1ccc2c(c1)N(C(=O)c1cccs1)CCC2. The lowest BCUT2D eigenvalue weighted by molar-refractivity contribution is 0.0989. The van der Waals surface area contributed by atoms with E-state index in [0.29, 0.717) is 17.1 Å². The average molecular weight is 360 g/mol. The Morgan fingerprint density at radius 2 is 2.21 bits per heavy atom. The van der Waals surface area contributed by atoms with Crippen LogP contribution in [0.1, 0.15) is 21.7 Å². The van der Waals surface area contributed by atoms with Crippen molar-refractivity contribution in [3.63, 3.8) is 0 Å². The lowest BCUT2D eigenvalue weighted by atomic mass is 10.0. The predicted octanol–water partition coefficient (Wildman–Crippen LogP) is 2.72. The summed E-state index contributed by atoms with van der Waals surface area (Å²) in [5.41, 5.74) is 2.20. The van der Waals surface area contributed by atoms with E-state index < -0.39 is 10.0 Å². The van der Waals surface area contributed by atoms with Crippen molar-refractivity contribution in [3.8, 4) is 12.3 Å². The number of anilines is 2. The van der Waals surface area contributed by atoms with Crippen LogP contribution in [-0.4, -0.2) is 26.6 Å². The van der Waals surface area contributed by atoms with Gasteiger partial charge < -0.3 is 4.90 Å². The molecule has 0 bridgehead atoms. The third-order valence-corrected chi connectivity index (χ3v) is 5.68. The highest BCUT2D eigenvalue weighted by Gasteiger charge is 2.25. The minimum atomic E-state index is -3.58. The molecule has 0 saturated carbocycles. The highest BCUT2D eigenvalue weighted by Crippen LogP contribution is 2.32. The number of benzene rings is 1. The summed E-state index contributed by atoms with van der Waals surface area (Å²) in [6.45, 7) is 0.615. The molecule has 0 fully saturated rings. The number of sulfonamides is 1. The van der Waals surface area contributed by atoms with Crippen molar-refractivity contribution >= 4 is 38.6 Å². The zero-order valence-corrected chi connectivity index (χ0v) is 14.5. The van der Waals surface area contributed by atoms with Crippen LogP contribution >= 0.6 is 11.3 Å². The molecule has 0 spiro atoms. The number of thiophene rings is 1. The van der Waals surface area contributed by atoms with Gasteiger partial charge in [0.1, 0.15) is 5.75 Å². The van der Waals surface area contributed by atoms with E-state index in [1.165, 1.54) is 11.3 Å². The third kappa shape index (κ3) is 3.45. The summed E-state index contributed by atoms with van der Waals surface area (Å²) in [6.07, 6.45) is 6.82. The number of hydrogen-bond donors (Lipinski definition) is 1. The van der Waals surface area contributed by atoms with Gasteiger partial charge in [-0.05, 0) is 42.0 Å². The topological polar surface area (TPSA) is 66.5 Å². The molecule has 1 aliphatic heterocycles. The number of carbonyl (C=O) groups is 1. The molecule has 124 valence electrons. The first-order chi connectivity index (χ1) is 11.5. The quantitative estimate of drug-likeness (QED) is 0.853. The van der Waals surface area contributed by atoms with Gasteiger partial charge in [-0.1, -0.05) is 18.1 Å². The summed E-state index contributed by atoms with van der Waals surface area (Å²) < 4.78 is 26.1. The molecule has 1 N–H and O–H groups in total. The van der Waals surface area contributed by atoms with E-state index in [2.05, 4.69) is 10.6 Å². The van der Waals surface area contributed by atoms with E-state index in [4.69, 9.17) is 6.42 Å². The summed E-state index contributed by atoms with van der Waals surface area (Å²) in [5.74, 6) is 1.67. The molecule has 2 heterocycles. The maximum Gasteiger partial charge on any atom is 0.268 e. The molecule has 7 heteroatoms. The van der Waals surface area contributed by atoms with E-state index in [1.54, 1.807) is 23.1 Å². The van der Waals surface area contributed by atoms with Crippen LogP contribution < -0.4 is 9.62 Å². The number of rotatable bonds is 4. The number of terminal acetylenes is 1. The number of nitrogens with one attached hydrogen (secondary N) is 1. The summed E-state index contributed by atoms with van der Waals surface area (Å²) in [5, 5.41) is 1.86. The molecule has 2 aromatic rings. The van der Waals surface area contributed by atoms with Crippen LogP contribution in [0.4, 0.5) is 11.4 Å². The fraction of sp³-hybridized carbons (Fsp3) is 0.235. The van der Waals surface area contributed by atoms with Crippen LogP contribution in [-0.2, 0) is 16.4 Å². The first-order valence-corrected chi connectivity index (χ1v) is 9.95. The van der Waals surface area contributed by atoms with Gasteiger partial charge in [-0.25, -0.2) is 8.42 Å². The number of carbonyl (C=O) groups excluding carboxylic acids is 1. The summed E-state index contributed by atoms with van der Waals surface area (Å²) in [6, 6.07) is 8.89. The molecule has 0 radical (unpaired) electrons. The second-order valence-electron chi connectivity index (χ2n) is 5.45. The van der Waals surface area contributed by atoms with Gasteiger partial charge in [0.2, 0.25) is 10.0 Å². The van der Waals surface area contributed by atoms with Crippen LogP contribution in [0, 0.1) is 12.3 Å². The van der Waals surface area contributed by atoms with Gasteiger partial charge in [-0.3, -0.25) is 9.52 Å². The first-order valence-electron chi connectivity index (χ1n) is 7.42. The van der Waals surface area contributed by atoms with Crippen molar-refractivity contribution in [1.82, 2.24) is 0 Å². The van der Waals surface area contributed by atoms with E-state index in [9.17, 15) is 13.2 Å². The molecule has 0 unspecified atom stereocenters. The van der Waals surface area contributed by atoms with Gasteiger partial charge in [0, 0.05) is 12.2 Å². The van der Waals surface area contributed by atoms with Crippen LogP contribution in [0.15, 0.2) is 35.7 Å². The van der Waals surface area contributed by atoms with Gasteiger partial charge in [-0.15, -0.1) is 17.8 Å². The van der Waals surface area contributed by atoms with Crippen molar-refractivity contribution in [2.24, 2.45) is 0 Å². The zero-order valence-electron chi connectivity index (χ0n) is 12.9. The molecular weight excluding hydrogens is 344 g/mol. The van der Waals surface area contributed by atoms with Crippen molar-refractivity contribution in [1.29, 1.82) is 0 Å². The molecule has 0 saturated heterocycles. The van der Waals surface area contributed by atoms with Gasteiger partial charge in [0.25, 0.3) is 5.91 Å². The van der Waals surface area contributed by atoms with Crippen LogP contribution in [0.2, 0.25) is 0 Å². The summed E-state index contributed by atoms with van der Waals surface area (Å²) in [7, 11) is -3.58. The van der Waals surface area contributed by atoms with E-state index >= 15 is 0 Å². The Morgan fingerprint density at radius 3 is 2.92 bits per heavy atom. The molecule has 1 aliphatic rings. The molecule has 3 rings (SSSR count). The molecule has 1 amide bonds. The normalized spacial score (nSPS) is 13.9. The molecule has 24 heavy (non-hydrogen) atoms. The van der Waals surface area contributed by atoms with Gasteiger partial charge in [0.05, 0.1) is 10.6 Å². The van der Waals surface area contributed by atoms with Gasteiger partial charge in [-0.2, -0.15) is 0 Å². The largest absolute Gasteiger partial charge is 0.307 e. The summed E-state index contributed by atoms with van der Waals surface area (Å²) >= 11 is 1.40. The lowest BCUT2D eigenvalue weighted by Gasteiger charge is -2.29. The van der Waals surface area contributed by atoms with Crippen LogP contribution in [0.25, 0.3) is 0 Å². The average Bonchev–Trinajstić information content (AvgIpc) is 3.07. The highest BCUT2D eigenvalue weighted by molar-refractivity contribution is 7.92. The van der Waals surface area contributed by atoms with Gasteiger partial charge >= 0.3 is 0 Å². The molecule has 1 aromatic heterocycles. The number of aryl methyl sites for hydroxylation is 1. The second kappa shape index (κ2) is 6.67. The first kappa shape index (κ1) is 16.6. The maximum atomic E-state index is 12.7. The molecule has 0 aliphatic carbocycles. The Balaban J connectivity index is 1.93. The minimum Gasteiger partial charge on any atom is -0.307 e. The number of amides is 1. The number of nitrogens with zero attached hydrogens (tertiary/aromatic N) is 1. The minimum absolute atomic E-state index is 0.0606. The van der Waals surface area contributed by atoms with Crippen LogP contribution in [0.5, 0.6) is 0 Å². The Kier molecular flexibility index (Phi) is 4.60. The van der Waals surface area contributed by atoms with Crippen molar-refractivity contribution in [2.45, 2.75) is 12.8 Å². The van der Waals surface area contributed by atoms with E-state index in [-0.39, 0.29) is 11.7 Å². The van der Waals surface area contributed by atoms with Crippen molar-refractivity contribution < 1.29 is 13.2 Å². The van der Waals surface area contributed by atoms with E-state index in [1.807, 2.05) is 17.5 Å². The fourth-order valence-electron chi connectivity index (χ4n) is 2.71. The standard InChI is InChI=1S/C17H16N2O3S2/c1-2-11-24(21,22)18-14-8-7-13-5-3-9-19(15(13)12-14)17(20)16-6-4-10-23-16/h1,4,6-8,10,12,18H,3,5,9,11H2. The molecule has 0 atom stereocenters. The Labute approximate surface area is 145 Å². The van der Waals surface area contributed by atoms with Crippen LogP contribution in [0.3, 0.4) is 0 Å². The highest BCUT2D eigenvalue weighted by atomic mass is 32.2. The van der Waals surface area contributed by atoms with Crippen molar-refractivity contribution in [3.05, 3.63) is 46.2 Å². The number of hydrogen-bond acceptors (Lipinski definition) is 4. The Bertz CT molecular complexity index is 896. The summed E-state index contributed by atoms with van der Waals surface area (Å²) in [4.78, 5) is 15.1.